The number of hydrogen-bond acceptors (Lipinski definition) is 4. The van der Waals surface area contributed by atoms with Crippen molar-refractivity contribution in [3.63, 3.8) is 0 Å². The SMILES string of the molecule is COc1ccc(CNC(=O)C(C)(C)C(=O)NCc2ccccn2)cc1. The smallest absolute Gasteiger partial charge is 0.235 e. The van der Waals surface area contributed by atoms with E-state index in [9.17, 15) is 9.59 Å². The summed E-state index contributed by atoms with van der Waals surface area (Å²) in [5.74, 6) is 0.0801. The quantitative estimate of drug-likeness (QED) is 0.755. The molecule has 1 aromatic heterocycles. The molecular weight excluding hydrogens is 318 g/mol. The number of aromatic nitrogens is 1. The third-order valence-corrected chi connectivity index (χ3v) is 3.90. The van der Waals surface area contributed by atoms with Crippen molar-refractivity contribution in [2.75, 3.05) is 7.11 Å². The van der Waals surface area contributed by atoms with Crippen LogP contribution in [0.1, 0.15) is 25.1 Å². The number of carbonyl (C=O) groups is 2. The molecule has 0 fully saturated rings. The lowest BCUT2D eigenvalue weighted by molar-refractivity contribution is -0.141. The van der Waals surface area contributed by atoms with Gasteiger partial charge in [0.25, 0.3) is 0 Å². The minimum absolute atomic E-state index is 0.287. The average Bonchev–Trinajstić information content (AvgIpc) is 2.65. The van der Waals surface area contributed by atoms with Gasteiger partial charge in [0.05, 0.1) is 19.3 Å². The fourth-order valence-electron chi connectivity index (χ4n) is 2.14. The monoisotopic (exact) mass is 341 g/mol. The molecule has 0 bridgehead atoms. The molecule has 6 nitrogen and oxygen atoms in total. The van der Waals surface area contributed by atoms with Gasteiger partial charge in [0.1, 0.15) is 11.2 Å². The van der Waals surface area contributed by atoms with E-state index in [2.05, 4.69) is 15.6 Å². The second kappa shape index (κ2) is 8.28. The topological polar surface area (TPSA) is 80.3 Å². The van der Waals surface area contributed by atoms with E-state index < -0.39 is 5.41 Å². The van der Waals surface area contributed by atoms with E-state index in [1.807, 2.05) is 42.5 Å². The lowest BCUT2D eigenvalue weighted by atomic mass is 9.91. The minimum Gasteiger partial charge on any atom is -0.497 e. The number of nitrogens with one attached hydrogen (secondary N) is 2. The predicted octanol–water partition coefficient (Wildman–Crippen LogP) is 2.05. The van der Waals surface area contributed by atoms with Gasteiger partial charge in [-0.1, -0.05) is 18.2 Å². The molecular formula is C19H23N3O3. The van der Waals surface area contributed by atoms with Gasteiger partial charge in [0.15, 0.2) is 0 Å². The van der Waals surface area contributed by atoms with E-state index in [-0.39, 0.29) is 18.4 Å². The fourth-order valence-corrected chi connectivity index (χ4v) is 2.14. The van der Waals surface area contributed by atoms with Crippen molar-refractivity contribution in [3.05, 3.63) is 59.9 Å². The molecule has 25 heavy (non-hydrogen) atoms. The molecule has 2 amide bonds. The van der Waals surface area contributed by atoms with Crippen LogP contribution in [0.4, 0.5) is 0 Å². The van der Waals surface area contributed by atoms with Gasteiger partial charge in [-0.2, -0.15) is 0 Å². The molecule has 0 aliphatic carbocycles. The number of ether oxygens (including phenoxy) is 1. The van der Waals surface area contributed by atoms with Crippen LogP contribution in [0.2, 0.25) is 0 Å². The van der Waals surface area contributed by atoms with Crippen LogP contribution < -0.4 is 15.4 Å². The van der Waals surface area contributed by atoms with Crippen LogP contribution in [-0.2, 0) is 22.7 Å². The third kappa shape index (κ3) is 5.04. The lowest BCUT2D eigenvalue weighted by Crippen LogP contribution is -2.47. The molecule has 132 valence electrons. The highest BCUT2D eigenvalue weighted by molar-refractivity contribution is 6.04. The number of benzene rings is 1. The summed E-state index contributed by atoms with van der Waals surface area (Å²) in [6.07, 6.45) is 1.66. The van der Waals surface area contributed by atoms with Gasteiger partial charge < -0.3 is 15.4 Å². The van der Waals surface area contributed by atoms with Crippen molar-refractivity contribution >= 4 is 11.8 Å². The molecule has 0 aliphatic rings. The zero-order valence-electron chi connectivity index (χ0n) is 14.7. The fraction of sp³-hybridized carbons (Fsp3) is 0.316. The van der Waals surface area contributed by atoms with Gasteiger partial charge in [-0.05, 0) is 43.7 Å². The standard InChI is InChI=1S/C19H23N3O3/c1-19(2,18(24)22-13-15-6-4-5-11-20-15)17(23)21-12-14-7-9-16(25-3)10-8-14/h4-11H,12-13H2,1-3H3,(H,21,23)(H,22,24). The summed E-state index contributed by atoms with van der Waals surface area (Å²) in [7, 11) is 1.60. The lowest BCUT2D eigenvalue weighted by Gasteiger charge is -2.22. The Kier molecular flexibility index (Phi) is 6.11. The van der Waals surface area contributed by atoms with E-state index in [0.717, 1.165) is 17.0 Å². The van der Waals surface area contributed by atoms with Crippen LogP contribution in [-0.4, -0.2) is 23.9 Å². The highest BCUT2D eigenvalue weighted by Gasteiger charge is 2.35. The molecule has 1 aromatic carbocycles. The van der Waals surface area contributed by atoms with Gasteiger partial charge in [-0.15, -0.1) is 0 Å². The Hall–Kier alpha value is -2.89. The molecule has 2 aromatic rings. The molecule has 1 heterocycles. The van der Waals surface area contributed by atoms with Crippen LogP contribution in [0.3, 0.4) is 0 Å². The molecule has 0 saturated carbocycles. The summed E-state index contributed by atoms with van der Waals surface area (Å²) in [6.45, 7) is 3.84. The van der Waals surface area contributed by atoms with E-state index in [1.165, 1.54) is 0 Å². The molecule has 2 N–H and O–H groups in total. The maximum Gasteiger partial charge on any atom is 0.235 e. The first-order chi connectivity index (χ1) is 11.9. The Bertz CT molecular complexity index is 712. The van der Waals surface area contributed by atoms with Crippen LogP contribution in [0.25, 0.3) is 0 Å². The summed E-state index contributed by atoms with van der Waals surface area (Å²) in [5.41, 5.74) is 0.491. The van der Waals surface area contributed by atoms with Gasteiger partial charge >= 0.3 is 0 Å². The summed E-state index contributed by atoms with van der Waals surface area (Å²) < 4.78 is 5.10. The van der Waals surface area contributed by atoms with Gasteiger partial charge in [0, 0.05) is 12.7 Å². The molecule has 0 spiro atoms. The second-order valence-corrected chi connectivity index (χ2v) is 6.16. The molecule has 6 heteroatoms. The molecule has 2 rings (SSSR count). The first-order valence-electron chi connectivity index (χ1n) is 8.03. The number of hydrogen-bond donors (Lipinski definition) is 2. The Balaban J connectivity index is 1.88. The van der Waals surface area contributed by atoms with Crippen LogP contribution in [0.5, 0.6) is 5.75 Å². The van der Waals surface area contributed by atoms with E-state index in [1.54, 1.807) is 27.2 Å². The second-order valence-electron chi connectivity index (χ2n) is 6.16. The first-order valence-corrected chi connectivity index (χ1v) is 8.03. The Labute approximate surface area is 147 Å². The van der Waals surface area contributed by atoms with Crippen molar-refractivity contribution in [1.82, 2.24) is 15.6 Å². The normalized spacial score (nSPS) is 10.8. The number of amides is 2. The minimum atomic E-state index is -1.18. The Morgan fingerprint density at radius 2 is 1.64 bits per heavy atom. The highest BCUT2D eigenvalue weighted by Crippen LogP contribution is 2.17. The molecule has 0 saturated heterocycles. The third-order valence-electron chi connectivity index (χ3n) is 3.90. The van der Waals surface area contributed by atoms with Crippen molar-refractivity contribution in [2.45, 2.75) is 26.9 Å². The van der Waals surface area contributed by atoms with Crippen molar-refractivity contribution in [1.29, 1.82) is 0 Å². The van der Waals surface area contributed by atoms with E-state index in [4.69, 9.17) is 4.74 Å². The van der Waals surface area contributed by atoms with Crippen LogP contribution in [0, 0.1) is 5.41 Å². The summed E-state index contributed by atoms with van der Waals surface area (Å²) in [6, 6.07) is 12.9. The maximum atomic E-state index is 12.4. The Morgan fingerprint density at radius 1 is 1.00 bits per heavy atom. The van der Waals surface area contributed by atoms with E-state index >= 15 is 0 Å². The molecule has 0 unspecified atom stereocenters. The first kappa shape index (κ1) is 18.4. The average molecular weight is 341 g/mol. The van der Waals surface area contributed by atoms with Crippen LogP contribution >= 0.6 is 0 Å². The molecule has 0 radical (unpaired) electrons. The highest BCUT2D eigenvalue weighted by atomic mass is 16.5. The van der Waals surface area contributed by atoms with Crippen molar-refractivity contribution < 1.29 is 14.3 Å². The van der Waals surface area contributed by atoms with Crippen molar-refractivity contribution in [2.24, 2.45) is 5.41 Å². The number of rotatable bonds is 7. The number of nitrogens with zero attached hydrogens (tertiary/aromatic N) is 1. The maximum absolute atomic E-state index is 12.4. The molecule has 0 aliphatic heterocycles. The molecule has 0 atom stereocenters. The number of pyridine rings is 1. The van der Waals surface area contributed by atoms with Gasteiger partial charge in [-0.3, -0.25) is 14.6 Å². The van der Waals surface area contributed by atoms with Crippen molar-refractivity contribution in [3.8, 4) is 5.75 Å². The predicted molar refractivity (Wildman–Crippen MR) is 94.7 cm³/mol. The van der Waals surface area contributed by atoms with Crippen LogP contribution in [0.15, 0.2) is 48.7 Å². The number of carbonyl (C=O) groups excluding carboxylic acids is 2. The summed E-state index contributed by atoms with van der Waals surface area (Å²) >= 11 is 0. The number of methoxy groups -OCH3 is 1. The van der Waals surface area contributed by atoms with Gasteiger partial charge in [0.2, 0.25) is 11.8 Å². The summed E-state index contributed by atoms with van der Waals surface area (Å²) in [4.78, 5) is 28.9. The zero-order valence-corrected chi connectivity index (χ0v) is 14.7. The summed E-state index contributed by atoms with van der Waals surface area (Å²) in [5, 5.41) is 5.55. The zero-order chi connectivity index (χ0) is 18.3. The Morgan fingerprint density at radius 3 is 2.20 bits per heavy atom. The van der Waals surface area contributed by atoms with Gasteiger partial charge in [-0.25, -0.2) is 0 Å². The van der Waals surface area contributed by atoms with E-state index in [0.29, 0.717) is 6.54 Å². The largest absolute Gasteiger partial charge is 0.497 e.